The van der Waals surface area contributed by atoms with Crippen LogP contribution in [0.15, 0.2) is 18.2 Å². The maximum Gasteiger partial charge on any atom is 0.241 e. The zero-order chi connectivity index (χ0) is 16.9. The Morgan fingerprint density at radius 2 is 2.12 bits per heavy atom. The van der Waals surface area contributed by atoms with Crippen molar-refractivity contribution in [2.75, 3.05) is 30.4 Å². The van der Waals surface area contributed by atoms with Gasteiger partial charge in [0.25, 0.3) is 0 Å². The molecule has 138 valence electrons. The Labute approximate surface area is 154 Å². The van der Waals surface area contributed by atoms with Gasteiger partial charge in [0.2, 0.25) is 11.8 Å². The summed E-state index contributed by atoms with van der Waals surface area (Å²) in [4.78, 5) is 26.4. The van der Waals surface area contributed by atoms with Crippen molar-refractivity contribution in [3.8, 4) is 5.75 Å². The third-order valence-corrected chi connectivity index (χ3v) is 4.69. The second-order valence-corrected chi connectivity index (χ2v) is 6.38. The molecular formula is C18H26ClN3O3. The number of ether oxygens (including phenoxy) is 1. The Balaban J connectivity index is 0.00000225. The first-order valence-electron chi connectivity index (χ1n) is 8.71. The molecule has 2 fully saturated rings. The Morgan fingerprint density at radius 3 is 2.80 bits per heavy atom. The zero-order valence-corrected chi connectivity index (χ0v) is 15.4. The smallest absolute Gasteiger partial charge is 0.241 e. The summed E-state index contributed by atoms with van der Waals surface area (Å²) in [5.74, 6) is 0.742. The third-order valence-electron chi connectivity index (χ3n) is 4.69. The van der Waals surface area contributed by atoms with Gasteiger partial charge in [0, 0.05) is 18.7 Å². The predicted molar refractivity (Wildman–Crippen MR) is 101 cm³/mol. The van der Waals surface area contributed by atoms with Crippen molar-refractivity contribution in [1.82, 2.24) is 5.32 Å². The van der Waals surface area contributed by atoms with E-state index < -0.39 is 0 Å². The van der Waals surface area contributed by atoms with Crippen molar-refractivity contribution >= 4 is 35.6 Å². The molecule has 0 bridgehead atoms. The number of hydrogen-bond donors (Lipinski definition) is 2. The summed E-state index contributed by atoms with van der Waals surface area (Å²) in [7, 11) is 1.59. The summed E-state index contributed by atoms with van der Waals surface area (Å²) in [6.07, 6.45) is 5.53. The molecule has 2 saturated heterocycles. The highest BCUT2D eigenvalue weighted by molar-refractivity contribution is 5.98. The molecule has 2 N–H and O–H groups in total. The van der Waals surface area contributed by atoms with Gasteiger partial charge in [0.1, 0.15) is 5.75 Å². The van der Waals surface area contributed by atoms with Gasteiger partial charge in [0.15, 0.2) is 0 Å². The van der Waals surface area contributed by atoms with E-state index in [1.165, 1.54) is 0 Å². The summed E-state index contributed by atoms with van der Waals surface area (Å²) in [5, 5.41) is 6.21. The van der Waals surface area contributed by atoms with Crippen LogP contribution in [0.4, 0.5) is 11.4 Å². The number of methoxy groups -OCH3 is 1. The van der Waals surface area contributed by atoms with Gasteiger partial charge in [-0.15, -0.1) is 12.4 Å². The molecule has 25 heavy (non-hydrogen) atoms. The normalized spacial score (nSPS) is 20.6. The van der Waals surface area contributed by atoms with Crippen molar-refractivity contribution in [1.29, 1.82) is 0 Å². The fourth-order valence-corrected chi connectivity index (χ4v) is 3.34. The molecule has 1 atom stereocenters. The van der Waals surface area contributed by atoms with Gasteiger partial charge in [-0.1, -0.05) is 6.42 Å². The topological polar surface area (TPSA) is 70.7 Å². The van der Waals surface area contributed by atoms with Gasteiger partial charge in [-0.05, 0) is 50.4 Å². The number of carbonyl (C=O) groups is 2. The lowest BCUT2D eigenvalue weighted by Crippen LogP contribution is -2.43. The molecule has 6 nitrogen and oxygen atoms in total. The van der Waals surface area contributed by atoms with Crippen molar-refractivity contribution in [2.24, 2.45) is 0 Å². The standard InChI is InChI=1S/C18H25N3O3.ClH/c1-24-16-9-8-13(20-18(23)14-6-2-4-10-19-14)12-15(16)21-11-5-3-7-17(21)22;/h8-9,12,14,19H,2-7,10-11H2,1H3,(H,20,23);1H. The summed E-state index contributed by atoms with van der Waals surface area (Å²) in [5.41, 5.74) is 1.43. The molecule has 0 aliphatic carbocycles. The van der Waals surface area contributed by atoms with Gasteiger partial charge < -0.3 is 20.3 Å². The monoisotopic (exact) mass is 367 g/mol. The maximum absolute atomic E-state index is 12.4. The number of anilines is 2. The largest absolute Gasteiger partial charge is 0.495 e. The quantitative estimate of drug-likeness (QED) is 0.858. The highest BCUT2D eigenvalue weighted by Gasteiger charge is 2.24. The van der Waals surface area contributed by atoms with Crippen LogP contribution in [0.5, 0.6) is 5.75 Å². The van der Waals surface area contributed by atoms with Crippen LogP contribution in [0.1, 0.15) is 38.5 Å². The van der Waals surface area contributed by atoms with Gasteiger partial charge >= 0.3 is 0 Å². The highest BCUT2D eigenvalue weighted by Crippen LogP contribution is 2.33. The fourth-order valence-electron chi connectivity index (χ4n) is 3.34. The lowest BCUT2D eigenvalue weighted by atomic mass is 10.0. The van der Waals surface area contributed by atoms with Crippen LogP contribution in [0.25, 0.3) is 0 Å². The van der Waals surface area contributed by atoms with Crippen LogP contribution in [0.3, 0.4) is 0 Å². The highest BCUT2D eigenvalue weighted by atomic mass is 35.5. The van der Waals surface area contributed by atoms with E-state index in [9.17, 15) is 9.59 Å². The summed E-state index contributed by atoms with van der Waals surface area (Å²) in [6, 6.07) is 5.32. The SMILES string of the molecule is COc1ccc(NC(=O)C2CCCCN2)cc1N1CCCCC1=O.Cl. The van der Waals surface area contributed by atoms with Gasteiger partial charge in [-0.25, -0.2) is 0 Å². The Bertz CT molecular complexity index is 618. The molecule has 1 aromatic rings. The summed E-state index contributed by atoms with van der Waals surface area (Å²) < 4.78 is 5.40. The summed E-state index contributed by atoms with van der Waals surface area (Å²) >= 11 is 0. The molecule has 2 aliphatic heterocycles. The van der Waals surface area contributed by atoms with E-state index in [4.69, 9.17) is 4.74 Å². The molecule has 2 aliphatic rings. The van der Waals surface area contributed by atoms with Crippen molar-refractivity contribution < 1.29 is 14.3 Å². The molecular weight excluding hydrogens is 342 g/mol. The number of nitrogens with zero attached hydrogens (tertiary/aromatic N) is 1. The van der Waals surface area contributed by atoms with Crippen LogP contribution in [-0.4, -0.2) is 38.1 Å². The lowest BCUT2D eigenvalue weighted by Gasteiger charge is -2.29. The molecule has 3 rings (SSSR count). The third kappa shape index (κ3) is 4.64. The van der Waals surface area contributed by atoms with Crippen LogP contribution >= 0.6 is 12.4 Å². The minimum atomic E-state index is -0.138. The van der Waals surface area contributed by atoms with E-state index >= 15 is 0 Å². The van der Waals surface area contributed by atoms with Gasteiger partial charge in [-0.3, -0.25) is 9.59 Å². The van der Waals surface area contributed by atoms with E-state index in [1.807, 2.05) is 12.1 Å². The second-order valence-electron chi connectivity index (χ2n) is 6.38. The second kappa shape index (κ2) is 9.06. The molecule has 2 heterocycles. The Morgan fingerprint density at radius 1 is 1.28 bits per heavy atom. The first-order valence-corrected chi connectivity index (χ1v) is 8.71. The Hall–Kier alpha value is -1.79. The molecule has 0 aromatic heterocycles. The first kappa shape index (κ1) is 19.5. The van der Waals surface area contributed by atoms with E-state index in [-0.39, 0.29) is 30.3 Å². The van der Waals surface area contributed by atoms with E-state index in [0.717, 1.165) is 44.3 Å². The predicted octanol–water partition coefficient (Wildman–Crippen LogP) is 2.71. The van der Waals surface area contributed by atoms with Crippen LogP contribution < -0.4 is 20.3 Å². The van der Waals surface area contributed by atoms with E-state index in [0.29, 0.717) is 24.4 Å². The fraction of sp³-hybridized carbons (Fsp3) is 0.556. The minimum Gasteiger partial charge on any atom is -0.495 e. The lowest BCUT2D eigenvalue weighted by molar-refractivity contribution is -0.119. The molecule has 0 radical (unpaired) electrons. The van der Waals surface area contributed by atoms with Crippen molar-refractivity contribution in [2.45, 2.75) is 44.6 Å². The summed E-state index contributed by atoms with van der Waals surface area (Å²) in [6.45, 7) is 1.57. The molecule has 1 unspecified atom stereocenters. The molecule has 0 spiro atoms. The number of nitrogens with one attached hydrogen (secondary N) is 2. The van der Waals surface area contributed by atoms with Crippen molar-refractivity contribution in [3.63, 3.8) is 0 Å². The minimum absolute atomic E-state index is 0. The van der Waals surface area contributed by atoms with Gasteiger partial charge in [-0.2, -0.15) is 0 Å². The molecule has 2 amide bonds. The number of carbonyl (C=O) groups excluding carboxylic acids is 2. The molecule has 1 aromatic carbocycles. The average Bonchev–Trinajstić information content (AvgIpc) is 2.63. The molecule has 0 saturated carbocycles. The number of amides is 2. The van der Waals surface area contributed by atoms with E-state index in [2.05, 4.69) is 10.6 Å². The number of benzene rings is 1. The maximum atomic E-state index is 12.4. The van der Waals surface area contributed by atoms with Crippen LogP contribution in [0.2, 0.25) is 0 Å². The van der Waals surface area contributed by atoms with E-state index in [1.54, 1.807) is 18.1 Å². The number of hydrogen-bond acceptors (Lipinski definition) is 4. The number of rotatable bonds is 4. The average molecular weight is 368 g/mol. The van der Waals surface area contributed by atoms with Crippen LogP contribution in [0, 0.1) is 0 Å². The first-order chi connectivity index (χ1) is 11.7. The molecule has 7 heteroatoms. The number of halogens is 1. The van der Waals surface area contributed by atoms with Crippen LogP contribution in [-0.2, 0) is 9.59 Å². The van der Waals surface area contributed by atoms with Crippen molar-refractivity contribution in [3.05, 3.63) is 18.2 Å². The zero-order valence-electron chi connectivity index (χ0n) is 14.5. The Kier molecular flexibility index (Phi) is 7.08. The number of piperidine rings is 2. The van der Waals surface area contributed by atoms with Gasteiger partial charge in [0.05, 0.1) is 18.8 Å².